The number of benzene rings is 1. The Balaban J connectivity index is 1.58. The second-order valence-electron chi connectivity index (χ2n) is 5.19. The number of rotatable bonds is 6. The highest BCUT2D eigenvalue weighted by molar-refractivity contribution is 6.00. The van der Waals surface area contributed by atoms with Crippen molar-refractivity contribution in [2.24, 2.45) is 0 Å². The van der Waals surface area contributed by atoms with Crippen LogP contribution in [0.3, 0.4) is 0 Å². The summed E-state index contributed by atoms with van der Waals surface area (Å²) < 4.78 is 13.0. The molecule has 0 bridgehead atoms. The van der Waals surface area contributed by atoms with Gasteiger partial charge in [-0.2, -0.15) is 0 Å². The Hall–Kier alpha value is -3.15. The van der Waals surface area contributed by atoms with Gasteiger partial charge in [0.15, 0.2) is 0 Å². The van der Waals surface area contributed by atoms with Crippen molar-refractivity contribution in [1.29, 1.82) is 0 Å². The quantitative estimate of drug-likeness (QED) is 0.610. The molecule has 0 spiro atoms. The Morgan fingerprint density at radius 2 is 1.92 bits per heavy atom. The van der Waals surface area contributed by atoms with Crippen LogP contribution in [0.2, 0.25) is 0 Å². The lowest BCUT2D eigenvalue weighted by atomic mass is 10.0. The molecule has 0 saturated heterocycles. The monoisotopic (exact) mass is 324 g/mol. The smallest absolute Gasteiger partial charge is 0.253 e. The van der Waals surface area contributed by atoms with Gasteiger partial charge in [-0.05, 0) is 29.8 Å². The summed E-state index contributed by atoms with van der Waals surface area (Å²) in [5.74, 6) is 0.277. The van der Waals surface area contributed by atoms with Gasteiger partial charge in [0.2, 0.25) is 0 Å². The zero-order chi connectivity index (χ0) is 16.8. The van der Waals surface area contributed by atoms with E-state index in [0.717, 1.165) is 16.9 Å². The third kappa shape index (κ3) is 3.78. The molecule has 24 heavy (non-hydrogen) atoms. The lowest BCUT2D eigenvalue weighted by Crippen LogP contribution is -2.28. The predicted molar refractivity (Wildman–Crippen MR) is 91.2 cm³/mol. The summed E-state index contributed by atoms with van der Waals surface area (Å²) in [4.78, 5) is 19.4. The summed E-state index contributed by atoms with van der Waals surface area (Å²) in [5.41, 5.74) is 2.05. The van der Waals surface area contributed by atoms with Gasteiger partial charge in [0.1, 0.15) is 11.6 Å². The van der Waals surface area contributed by atoms with E-state index in [2.05, 4.69) is 20.6 Å². The fourth-order valence-corrected chi connectivity index (χ4v) is 2.35. The fraction of sp³-hybridized carbons (Fsp3) is 0.111. The highest BCUT2D eigenvalue weighted by Gasteiger charge is 2.13. The molecule has 0 aliphatic carbocycles. The van der Waals surface area contributed by atoms with Crippen LogP contribution in [0.15, 0.2) is 61.1 Å². The molecule has 0 aliphatic rings. The number of aromatic amines is 1. The maximum Gasteiger partial charge on any atom is 0.253 e. The van der Waals surface area contributed by atoms with Crippen molar-refractivity contribution in [2.75, 3.05) is 18.4 Å². The van der Waals surface area contributed by atoms with Gasteiger partial charge < -0.3 is 15.6 Å². The maximum atomic E-state index is 13.0. The van der Waals surface area contributed by atoms with Gasteiger partial charge >= 0.3 is 0 Å². The number of nitrogens with zero attached hydrogens (tertiary/aromatic N) is 1. The minimum atomic E-state index is -0.305. The zero-order valence-electron chi connectivity index (χ0n) is 12.9. The molecule has 0 saturated carbocycles. The summed E-state index contributed by atoms with van der Waals surface area (Å²) in [7, 11) is 0. The number of anilines is 1. The number of nitrogens with one attached hydrogen (secondary N) is 3. The first-order valence-corrected chi connectivity index (χ1v) is 7.60. The third-order valence-electron chi connectivity index (χ3n) is 3.53. The second kappa shape index (κ2) is 7.41. The Kier molecular flexibility index (Phi) is 4.86. The van der Waals surface area contributed by atoms with E-state index in [1.54, 1.807) is 30.7 Å². The molecule has 3 rings (SSSR count). The molecule has 2 heterocycles. The van der Waals surface area contributed by atoms with Gasteiger partial charge in [-0.3, -0.25) is 4.79 Å². The van der Waals surface area contributed by atoms with E-state index in [0.29, 0.717) is 18.7 Å². The number of H-pyrrole nitrogens is 1. The minimum Gasteiger partial charge on any atom is -0.368 e. The fourth-order valence-electron chi connectivity index (χ4n) is 2.35. The lowest BCUT2D eigenvalue weighted by molar-refractivity contribution is 0.0956. The molecule has 0 aliphatic heterocycles. The molecular formula is C18H17FN4O. The number of hydrogen-bond acceptors (Lipinski definition) is 3. The Labute approximate surface area is 138 Å². The largest absolute Gasteiger partial charge is 0.368 e. The maximum absolute atomic E-state index is 13.0. The van der Waals surface area contributed by atoms with Gasteiger partial charge in [-0.1, -0.05) is 18.2 Å². The molecule has 2 aromatic heterocycles. The first-order valence-electron chi connectivity index (χ1n) is 7.60. The summed E-state index contributed by atoms with van der Waals surface area (Å²) >= 11 is 0. The van der Waals surface area contributed by atoms with Crippen molar-refractivity contribution in [3.63, 3.8) is 0 Å². The van der Waals surface area contributed by atoms with E-state index >= 15 is 0 Å². The van der Waals surface area contributed by atoms with Gasteiger partial charge in [-0.25, -0.2) is 9.37 Å². The number of pyridine rings is 1. The van der Waals surface area contributed by atoms with Crippen LogP contribution in [-0.4, -0.2) is 29.0 Å². The second-order valence-corrected chi connectivity index (χ2v) is 5.19. The highest BCUT2D eigenvalue weighted by atomic mass is 19.1. The van der Waals surface area contributed by atoms with E-state index < -0.39 is 0 Å². The normalized spacial score (nSPS) is 10.4. The Bertz CT molecular complexity index is 799. The minimum absolute atomic E-state index is 0.182. The van der Waals surface area contributed by atoms with E-state index in [-0.39, 0.29) is 11.7 Å². The van der Waals surface area contributed by atoms with Crippen LogP contribution in [0.25, 0.3) is 11.1 Å². The lowest BCUT2D eigenvalue weighted by Gasteiger charge is -2.08. The number of carbonyl (C=O) groups excluding carboxylic acids is 1. The molecule has 1 amide bonds. The number of aromatic nitrogens is 2. The average molecular weight is 324 g/mol. The number of halogens is 1. The molecular weight excluding hydrogens is 307 g/mol. The molecule has 5 nitrogen and oxygen atoms in total. The Morgan fingerprint density at radius 1 is 1.08 bits per heavy atom. The van der Waals surface area contributed by atoms with Crippen LogP contribution in [-0.2, 0) is 0 Å². The van der Waals surface area contributed by atoms with E-state index in [4.69, 9.17) is 0 Å². The van der Waals surface area contributed by atoms with Crippen LogP contribution in [0.5, 0.6) is 0 Å². The number of amides is 1. The van der Waals surface area contributed by atoms with E-state index in [9.17, 15) is 9.18 Å². The molecule has 0 fully saturated rings. The standard InChI is InChI=1S/C18H17FN4O/c19-14-6-4-13(5-7-14)15-11-20-12-16(15)18(24)23-10-9-22-17-3-1-2-8-21-17/h1-8,11-12,20H,9-10H2,(H,21,22)(H,23,24). The van der Waals surface area contributed by atoms with Crippen LogP contribution in [0.1, 0.15) is 10.4 Å². The summed E-state index contributed by atoms with van der Waals surface area (Å²) in [6, 6.07) is 11.6. The Morgan fingerprint density at radius 3 is 2.67 bits per heavy atom. The van der Waals surface area contributed by atoms with Crippen LogP contribution < -0.4 is 10.6 Å². The third-order valence-corrected chi connectivity index (χ3v) is 3.53. The van der Waals surface area contributed by atoms with Crippen LogP contribution in [0.4, 0.5) is 10.2 Å². The molecule has 6 heteroatoms. The number of carbonyl (C=O) groups is 1. The molecule has 3 aromatic rings. The zero-order valence-corrected chi connectivity index (χ0v) is 12.9. The van der Waals surface area contributed by atoms with E-state index in [1.807, 2.05) is 18.2 Å². The molecule has 1 aromatic carbocycles. The van der Waals surface area contributed by atoms with Crippen molar-refractivity contribution in [1.82, 2.24) is 15.3 Å². The molecule has 0 atom stereocenters. The van der Waals surface area contributed by atoms with Gasteiger partial charge in [0, 0.05) is 37.2 Å². The molecule has 3 N–H and O–H groups in total. The summed E-state index contributed by atoms with van der Waals surface area (Å²) in [6.07, 6.45) is 5.07. The highest BCUT2D eigenvalue weighted by Crippen LogP contribution is 2.23. The van der Waals surface area contributed by atoms with Gasteiger partial charge in [0.25, 0.3) is 5.91 Å². The summed E-state index contributed by atoms with van der Waals surface area (Å²) in [6.45, 7) is 1.03. The van der Waals surface area contributed by atoms with Crippen LogP contribution >= 0.6 is 0 Å². The van der Waals surface area contributed by atoms with Gasteiger partial charge in [0.05, 0.1) is 5.56 Å². The SMILES string of the molecule is O=C(NCCNc1ccccn1)c1c[nH]cc1-c1ccc(F)cc1. The van der Waals surface area contributed by atoms with Crippen LogP contribution in [0, 0.1) is 5.82 Å². The van der Waals surface area contributed by atoms with Crippen molar-refractivity contribution in [2.45, 2.75) is 0 Å². The first-order chi connectivity index (χ1) is 11.7. The molecule has 122 valence electrons. The van der Waals surface area contributed by atoms with Gasteiger partial charge in [-0.15, -0.1) is 0 Å². The topological polar surface area (TPSA) is 69.8 Å². The average Bonchev–Trinajstić information content (AvgIpc) is 3.10. The summed E-state index contributed by atoms with van der Waals surface area (Å²) in [5, 5.41) is 5.98. The molecule has 0 unspecified atom stereocenters. The first kappa shape index (κ1) is 15.7. The predicted octanol–water partition coefficient (Wildman–Crippen LogP) is 3.06. The molecule has 0 radical (unpaired) electrons. The van der Waals surface area contributed by atoms with E-state index in [1.165, 1.54) is 12.1 Å². The van der Waals surface area contributed by atoms with Crippen molar-refractivity contribution >= 4 is 11.7 Å². The van der Waals surface area contributed by atoms with Crippen molar-refractivity contribution < 1.29 is 9.18 Å². The van der Waals surface area contributed by atoms with Crippen molar-refractivity contribution in [3.8, 4) is 11.1 Å². The van der Waals surface area contributed by atoms with Crippen molar-refractivity contribution in [3.05, 3.63) is 72.4 Å². The number of hydrogen-bond donors (Lipinski definition) is 3.